The van der Waals surface area contributed by atoms with Crippen LogP contribution in [0.3, 0.4) is 0 Å². The van der Waals surface area contributed by atoms with Crippen molar-refractivity contribution in [1.29, 1.82) is 0 Å². The quantitative estimate of drug-likeness (QED) is 0.839. The van der Waals surface area contributed by atoms with E-state index in [-0.39, 0.29) is 11.8 Å². The Labute approximate surface area is 111 Å². The average molecular weight is 293 g/mol. The van der Waals surface area contributed by atoms with Gasteiger partial charge in [-0.3, -0.25) is 0 Å². The van der Waals surface area contributed by atoms with Gasteiger partial charge in [0, 0.05) is 13.2 Å². The fourth-order valence-electron chi connectivity index (χ4n) is 1.55. The first kappa shape index (κ1) is 15.8. The first-order valence-corrected chi connectivity index (χ1v) is 7.40. The summed E-state index contributed by atoms with van der Waals surface area (Å²) in [6.07, 6.45) is -0.146. The molecule has 0 aliphatic heterocycles. The molecule has 4 nitrogen and oxygen atoms in total. The Balaban J connectivity index is 2.91. The van der Waals surface area contributed by atoms with E-state index in [1.165, 1.54) is 12.1 Å². The summed E-state index contributed by atoms with van der Waals surface area (Å²) in [5.74, 6) is -3.43. The minimum atomic E-state index is -4.60. The maximum absolute atomic E-state index is 12.6. The number of para-hydroxylation sites is 1. The number of alkyl halides is 2. The smallest absolute Gasteiger partial charge is 0.341 e. The van der Waals surface area contributed by atoms with E-state index in [0.717, 1.165) is 6.07 Å². The molecule has 0 spiro atoms. The summed E-state index contributed by atoms with van der Waals surface area (Å²) >= 11 is 0. The van der Waals surface area contributed by atoms with Gasteiger partial charge in [-0.2, -0.15) is 8.78 Å². The zero-order chi connectivity index (χ0) is 14.5. The molecule has 0 aliphatic rings. The van der Waals surface area contributed by atoms with Gasteiger partial charge >= 0.3 is 5.76 Å². The van der Waals surface area contributed by atoms with Gasteiger partial charge in [-0.15, -0.1) is 0 Å². The fraction of sp³-hybridized carbons (Fsp3) is 0.500. The molecule has 0 radical (unpaired) electrons. The minimum Gasteiger partial charge on any atom is -0.381 e. The van der Waals surface area contributed by atoms with E-state index in [0.29, 0.717) is 13.2 Å². The number of hydrogen-bond acceptors (Lipinski definition) is 4. The van der Waals surface area contributed by atoms with Crippen molar-refractivity contribution >= 4 is 15.5 Å². The molecular formula is C12H17F2NO3S. The lowest BCUT2D eigenvalue weighted by Gasteiger charge is -2.16. The summed E-state index contributed by atoms with van der Waals surface area (Å²) in [6.45, 7) is 4.51. The van der Waals surface area contributed by atoms with Crippen LogP contribution < -0.4 is 5.32 Å². The van der Waals surface area contributed by atoms with Crippen molar-refractivity contribution in [1.82, 2.24) is 0 Å². The van der Waals surface area contributed by atoms with Crippen LogP contribution in [0.1, 0.15) is 13.8 Å². The molecule has 0 saturated carbocycles. The van der Waals surface area contributed by atoms with Crippen LogP contribution >= 0.6 is 0 Å². The zero-order valence-electron chi connectivity index (χ0n) is 10.8. The highest BCUT2D eigenvalue weighted by molar-refractivity contribution is 7.91. The number of rotatable bonds is 7. The lowest BCUT2D eigenvalue weighted by atomic mass is 10.3. The fourth-order valence-corrected chi connectivity index (χ4v) is 2.46. The maximum atomic E-state index is 12.6. The number of hydrogen-bond donors (Lipinski definition) is 1. The van der Waals surface area contributed by atoms with Gasteiger partial charge in [0.2, 0.25) is 9.84 Å². The molecule has 1 unspecified atom stereocenters. The van der Waals surface area contributed by atoms with Crippen LogP contribution in [0.5, 0.6) is 0 Å². The summed E-state index contributed by atoms with van der Waals surface area (Å²) in [5, 5.41) is 2.82. The summed E-state index contributed by atoms with van der Waals surface area (Å²) in [4.78, 5) is -0.395. The second-order valence-electron chi connectivity index (χ2n) is 3.95. The van der Waals surface area contributed by atoms with E-state index in [1.807, 2.05) is 6.92 Å². The topological polar surface area (TPSA) is 55.4 Å². The Morgan fingerprint density at radius 3 is 2.53 bits per heavy atom. The third kappa shape index (κ3) is 4.14. The van der Waals surface area contributed by atoms with Crippen LogP contribution in [-0.4, -0.2) is 33.4 Å². The molecule has 7 heteroatoms. The van der Waals surface area contributed by atoms with Crippen molar-refractivity contribution in [2.24, 2.45) is 0 Å². The summed E-state index contributed by atoms with van der Waals surface area (Å²) in [7, 11) is -4.60. The molecular weight excluding hydrogens is 276 g/mol. The van der Waals surface area contributed by atoms with E-state index >= 15 is 0 Å². The third-order valence-corrected chi connectivity index (χ3v) is 3.90. The summed E-state index contributed by atoms with van der Waals surface area (Å²) in [5.41, 5.74) is 0.161. The first-order chi connectivity index (χ1) is 8.89. The van der Waals surface area contributed by atoms with Crippen molar-refractivity contribution < 1.29 is 21.9 Å². The Kier molecular flexibility index (Phi) is 5.68. The summed E-state index contributed by atoms with van der Waals surface area (Å²) in [6, 6.07) is 5.60. The highest BCUT2D eigenvalue weighted by atomic mass is 32.2. The predicted molar refractivity (Wildman–Crippen MR) is 69.2 cm³/mol. The molecule has 0 fully saturated rings. The zero-order valence-corrected chi connectivity index (χ0v) is 11.6. The van der Waals surface area contributed by atoms with E-state index < -0.39 is 20.5 Å². The molecule has 19 heavy (non-hydrogen) atoms. The molecule has 0 bridgehead atoms. The molecule has 1 aromatic carbocycles. The highest BCUT2D eigenvalue weighted by Gasteiger charge is 2.28. The van der Waals surface area contributed by atoms with Crippen LogP contribution in [0.25, 0.3) is 0 Å². The van der Waals surface area contributed by atoms with Gasteiger partial charge in [0.1, 0.15) is 0 Å². The number of anilines is 1. The normalized spacial score (nSPS) is 13.5. The lowest BCUT2D eigenvalue weighted by molar-refractivity contribution is 0.0855. The number of halogens is 2. The van der Waals surface area contributed by atoms with Gasteiger partial charge in [-0.25, -0.2) is 8.42 Å². The van der Waals surface area contributed by atoms with E-state index in [4.69, 9.17) is 4.74 Å². The maximum Gasteiger partial charge on any atom is 0.341 e. The SMILES string of the molecule is CCOC(C)CNc1ccccc1S(=O)(=O)C(F)F. The standard InChI is InChI=1S/C12H17F2NO3S/c1-3-18-9(2)8-15-10-6-4-5-7-11(10)19(16,17)12(13)14/h4-7,9,12,15H,3,8H2,1-2H3. The predicted octanol–water partition coefficient (Wildman–Crippen LogP) is 2.52. The molecule has 0 heterocycles. The van der Waals surface area contributed by atoms with Crippen molar-refractivity contribution in [2.45, 2.75) is 30.6 Å². The number of sulfone groups is 1. The van der Waals surface area contributed by atoms with Crippen molar-refractivity contribution in [3.05, 3.63) is 24.3 Å². The van der Waals surface area contributed by atoms with Crippen molar-refractivity contribution in [2.75, 3.05) is 18.5 Å². The molecule has 0 amide bonds. The molecule has 1 atom stereocenters. The van der Waals surface area contributed by atoms with Gasteiger partial charge in [0.05, 0.1) is 16.7 Å². The monoisotopic (exact) mass is 293 g/mol. The number of ether oxygens (including phenoxy) is 1. The summed E-state index contributed by atoms with van der Waals surface area (Å²) < 4.78 is 53.4. The van der Waals surface area contributed by atoms with Crippen LogP contribution in [-0.2, 0) is 14.6 Å². The lowest BCUT2D eigenvalue weighted by Crippen LogP contribution is -2.21. The molecule has 108 valence electrons. The van der Waals surface area contributed by atoms with E-state index in [9.17, 15) is 17.2 Å². The number of nitrogens with one attached hydrogen (secondary N) is 1. The Morgan fingerprint density at radius 1 is 1.32 bits per heavy atom. The van der Waals surface area contributed by atoms with E-state index in [1.54, 1.807) is 13.0 Å². The molecule has 1 N–H and O–H groups in total. The van der Waals surface area contributed by atoms with Crippen LogP contribution in [0.2, 0.25) is 0 Å². The highest BCUT2D eigenvalue weighted by Crippen LogP contribution is 2.25. The molecule has 0 aliphatic carbocycles. The number of benzene rings is 1. The Morgan fingerprint density at radius 2 is 1.95 bits per heavy atom. The Hall–Kier alpha value is -1.21. The average Bonchev–Trinajstić information content (AvgIpc) is 2.37. The van der Waals surface area contributed by atoms with Crippen LogP contribution in [0.15, 0.2) is 29.2 Å². The van der Waals surface area contributed by atoms with Gasteiger partial charge in [0.15, 0.2) is 0 Å². The van der Waals surface area contributed by atoms with E-state index in [2.05, 4.69) is 5.32 Å². The Bertz CT molecular complexity index is 505. The second-order valence-corrected chi connectivity index (χ2v) is 5.83. The van der Waals surface area contributed by atoms with Crippen molar-refractivity contribution in [3.63, 3.8) is 0 Å². The van der Waals surface area contributed by atoms with Gasteiger partial charge < -0.3 is 10.1 Å². The third-order valence-electron chi connectivity index (χ3n) is 2.46. The van der Waals surface area contributed by atoms with Crippen LogP contribution in [0, 0.1) is 0 Å². The van der Waals surface area contributed by atoms with Gasteiger partial charge in [-0.1, -0.05) is 12.1 Å². The molecule has 1 rings (SSSR count). The van der Waals surface area contributed by atoms with Gasteiger partial charge in [-0.05, 0) is 26.0 Å². The minimum absolute atomic E-state index is 0.146. The van der Waals surface area contributed by atoms with Crippen molar-refractivity contribution in [3.8, 4) is 0 Å². The molecule has 1 aromatic rings. The molecule has 0 aromatic heterocycles. The van der Waals surface area contributed by atoms with Crippen LogP contribution in [0.4, 0.5) is 14.5 Å². The second kappa shape index (κ2) is 6.81. The largest absolute Gasteiger partial charge is 0.381 e. The molecule has 0 saturated heterocycles. The first-order valence-electron chi connectivity index (χ1n) is 5.86. The van der Waals surface area contributed by atoms with Gasteiger partial charge in [0.25, 0.3) is 0 Å².